The molecule has 3 aromatic rings. The summed E-state index contributed by atoms with van der Waals surface area (Å²) < 4.78 is 15.1. The zero-order valence-corrected chi connectivity index (χ0v) is 18.3. The van der Waals surface area contributed by atoms with Gasteiger partial charge in [0.25, 0.3) is 0 Å². The fourth-order valence-corrected chi connectivity index (χ4v) is 4.61. The zero-order valence-electron chi connectivity index (χ0n) is 18.3. The number of ether oxygens (including phenoxy) is 2. The van der Waals surface area contributed by atoms with Crippen LogP contribution in [0.1, 0.15) is 24.1 Å². The van der Waals surface area contributed by atoms with Crippen LogP contribution in [-0.4, -0.2) is 69.9 Å². The predicted octanol–water partition coefficient (Wildman–Crippen LogP) is 2.60. The molecule has 0 saturated carbocycles. The van der Waals surface area contributed by atoms with Crippen LogP contribution in [0.4, 0.5) is 0 Å². The van der Waals surface area contributed by atoms with Gasteiger partial charge in [-0.05, 0) is 51.4 Å². The highest BCUT2D eigenvalue weighted by Crippen LogP contribution is 2.30. The number of rotatable bonds is 5. The van der Waals surface area contributed by atoms with Gasteiger partial charge < -0.3 is 14.4 Å². The molecule has 3 aromatic heterocycles. The van der Waals surface area contributed by atoms with Crippen LogP contribution in [0.15, 0.2) is 30.7 Å². The average Bonchev–Trinajstić information content (AvgIpc) is 3.32. The summed E-state index contributed by atoms with van der Waals surface area (Å²) in [6.07, 6.45) is 10.1. The minimum Gasteiger partial charge on any atom is -0.481 e. The van der Waals surface area contributed by atoms with E-state index in [-0.39, 0.29) is 0 Å². The van der Waals surface area contributed by atoms with Gasteiger partial charge in [-0.1, -0.05) is 0 Å². The van der Waals surface area contributed by atoms with Crippen LogP contribution < -0.4 is 4.74 Å². The van der Waals surface area contributed by atoms with Crippen LogP contribution in [0.25, 0.3) is 16.9 Å². The number of pyridine rings is 1. The second-order valence-electron chi connectivity index (χ2n) is 8.55. The van der Waals surface area contributed by atoms with Gasteiger partial charge in [-0.3, -0.25) is 4.68 Å². The Kier molecular flexibility index (Phi) is 5.74. The lowest BCUT2D eigenvalue weighted by Crippen LogP contribution is -2.31. The topological polar surface area (TPSA) is 70.2 Å². The molecular formula is C23H30N6O2. The third kappa shape index (κ3) is 4.22. The monoisotopic (exact) mass is 422 g/mol. The molecular weight excluding hydrogens is 392 g/mol. The number of likely N-dealkylation sites (tertiary alicyclic amines) is 1. The Morgan fingerprint density at radius 2 is 1.97 bits per heavy atom. The molecule has 2 aliphatic rings. The van der Waals surface area contributed by atoms with Crippen LogP contribution >= 0.6 is 0 Å². The fourth-order valence-electron chi connectivity index (χ4n) is 4.61. The van der Waals surface area contributed by atoms with Gasteiger partial charge >= 0.3 is 0 Å². The van der Waals surface area contributed by atoms with Crippen molar-refractivity contribution in [3.8, 4) is 22.8 Å². The highest BCUT2D eigenvalue weighted by molar-refractivity contribution is 5.64. The third-order valence-corrected chi connectivity index (χ3v) is 6.43. The molecule has 8 nitrogen and oxygen atoms in total. The first-order valence-corrected chi connectivity index (χ1v) is 11.1. The Bertz CT molecular complexity index is 1020. The fraction of sp³-hybridized carbons (Fsp3) is 0.522. The van der Waals surface area contributed by atoms with Gasteiger partial charge in [-0.2, -0.15) is 10.2 Å². The largest absolute Gasteiger partial charge is 0.481 e. The van der Waals surface area contributed by atoms with Gasteiger partial charge in [-0.25, -0.2) is 9.67 Å². The number of methoxy groups -OCH3 is 1. The molecule has 5 rings (SSSR count). The lowest BCUT2D eigenvalue weighted by atomic mass is 9.97. The van der Waals surface area contributed by atoms with Crippen molar-refractivity contribution in [2.45, 2.75) is 32.2 Å². The van der Waals surface area contributed by atoms with Gasteiger partial charge in [-0.15, -0.1) is 0 Å². The van der Waals surface area contributed by atoms with E-state index in [9.17, 15) is 0 Å². The van der Waals surface area contributed by atoms with Crippen molar-refractivity contribution in [1.29, 1.82) is 0 Å². The lowest BCUT2D eigenvalue weighted by molar-refractivity contribution is 0.145. The van der Waals surface area contributed by atoms with Crippen molar-refractivity contribution in [1.82, 2.24) is 29.4 Å². The van der Waals surface area contributed by atoms with E-state index >= 15 is 0 Å². The molecule has 0 atom stereocenters. The Morgan fingerprint density at radius 3 is 2.74 bits per heavy atom. The number of nitrogens with zero attached hydrogens (tertiary/aromatic N) is 6. The van der Waals surface area contributed by atoms with E-state index in [1.165, 1.54) is 37.2 Å². The van der Waals surface area contributed by atoms with E-state index in [0.717, 1.165) is 42.9 Å². The van der Waals surface area contributed by atoms with E-state index in [0.29, 0.717) is 18.4 Å². The van der Waals surface area contributed by atoms with Crippen molar-refractivity contribution < 1.29 is 9.47 Å². The summed E-state index contributed by atoms with van der Waals surface area (Å²) in [5.41, 5.74) is 5.47. The first-order chi connectivity index (χ1) is 15.2. The Labute approximate surface area is 182 Å². The normalized spacial score (nSPS) is 18.0. The quantitative estimate of drug-likeness (QED) is 0.630. The summed E-state index contributed by atoms with van der Waals surface area (Å²) in [7, 11) is 3.83. The lowest BCUT2D eigenvalue weighted by Gasteiger charge is -2.28. The second-order valence-corrected chi connectivity index (χ2v) is 8.55. The Balaban J connectivity index is 1.45. The maximum absolute atomic E-state index is 5.77. The first-order valence-electron chi connectivity index (χ1n) is 11.1. The summed E-state index contributed by atoms with van der Waals surface area (Å²) in [4.78, 5) is 6.77. The summed E-state index contributed by atoms with van der Waals surface area (Å²) >= 11 is 0. The van der Waals surface area contributed by atoms with Crippen LogP contribution in [0, 0.1) is 5.92 Å². The number of fused-ring (bicyclic) bond motifs is 1. The van der Waals surface area contributed by atoms with Crippen molar-refractivity contribution in [2.75, 3.05) is 40.5 Å². The molecule has 0 aromatic carbocycles. The molecule has 0 bridgehead atoms. The maximum atomic E-state index is 5.77. The van der Waals surface area contributed by atoms with Gasteiger partial charge in [0, 0.05) is 36.4 Å². The van der Waals surface area contributed by atoms with Crippen LogP contribution in [0.5, 0.6) is 5.88 Å². The SMILES string of the molecule is COc1ccc(-n2nc(-c3cnn(CC4CCN(C)CC4)c3)c3c2CCOCC3)cn1. The number of piperidine rings is 1. The van der Waals surface area contributed by atoms with Gasteiger partial charge in [0.15, 0.2) is 0 Å². The van der Waals surface area contributed by atoms with Crippen LogP contribution in [0.2, 0.25) is 0 Å². The number of hydrogen-bond acceptors (Lipinski definition) is 6. The van der Waals surface area contributed by atoms with E-state index in [2.05, 4.69) is 32.9 Å². The van der Waals surface area contributed by atoms with E-state index in [4.69, 9.17) is 14.6 Å². The van der Waals surface area contributed by atoms with Crippen molar-refractivity contribution in [3.63, 3.8) is 0 Å². The van der Waals surface area contributed by atoms with Crippen molar-refractivity contribution >= 4 is 0 Å². The molecule has 0 radical (unpaired) electrons. The summed E-state index contributed by atoms with van der Waals surface area (Å²) in [5.74, 6) is 1.29. The molecule has 0 spiro atoms. The van der Waals surface area contributed by atoms with Gasteiger partial charge in [0.2, 0.25) is 5.88 Å². The minimum atomic E-state index is 0.598. The molecule has 1 saturated heterocycles. The summed E-state index contributed by atoms with van der Waals surface area (Å²) in [5, 5.41) is 9.70. The molecule has 5 heterocycles. The molecule has 8 heteroatoms. The highest BCUT2D eigenvalue weighted by Gasteiger charge is 2.23. The molecule has 31 heavy (non-hydrogen) atoms. The zero-order chi connectivity index (χ0) is 21.2. The second kappa shape index (κ2) is 8.80. The van der Waals surface area contributed by atoms with Crippen molar-refractivity contribution in [3.05, 3.63) is 42.0 Å². The molecule has 164 valence electrons. The highest BCUT2D eigenvalue weighted by atomic mass is 16.5. The van der Waals surface area contributed by atoms with Gasteiger partial charge in [0.1, 0.15) is 0 Å². The molecule has 1 fully saturated rings. The van der Waals surface area contributed by atoms with E-state index in [1.54, 1.807) is 7.11 Å². The molecule has 0 aliphatic carbocycles. The van der Waals surface area contributed by atoms with Crippen LogP contribution in [0.3, 0.4) is 0 Å². The summed E-state index contributed by atoms with van der Waals surface area (Å²) in [6, 6.07) is 3.87. The van der Waals surface area contributed by atoms with Crippen LogP contribution in [-0.2, 0) is 24.1 Å². The smallest absolute Gasteiger partial charge is 0.213 e. The number of aromatic nitrogens is 5. The predicted molar refractivity (Wildman–Crippen MR) is 118 cm³/mol. The standard InChI is InChI=1S/C23H30N6O2/c1-27-9-5-17(6-10-27)15-28-16-18(13-25-28)23-20-7-11-31-12-8-21(20)29(26-23)19-3-4-22(30-2)24-14-19/h3-4,13-14,16-17H,5-12,15H2,1-2H3. The molecule has 2 aliphatic heterocycles. The van der Waals surface area contributed by atoms with Gasteiger partial charge in [0.05, 0.1) is 49.8 Å². The molecule has 0 N–H and O–H groups in total. The number of hydrogen-bond donors (Lipinski definition) is 0. The Hall–Kier alpha value is -2.71. The van der Waals surface area contributed by atoms with E-state index < -0.39 is 0 Å². The first kappa shape index (κ1) is 20.2. The molecule has 0 unspecified atom stereocenters. The van der Waals surface area contributed by atoms with Crippen molar-refractivity contribution in [2.24, 2.45) is 5.92 Å². The third-order valence-electron chi connectivity index (χ3n) is 6.43. The van der Waals surface area contributed by atoms with E-state index in [1.807, 2.05) is 29.2 Å². The average molecular weight is 423 g/mol. The summed E-state index contributed by atoms with van der Waals surface area (Å²) in [6.45, 7) is 4.74. The molecule has 0 amide bonds. The minimum absolute atomic E-state index is 0.598. The Morgan fingerprint density at radius 1 is 1.13 bits per heavy atom. The maximum Gasteiger partial charge on any atom is 0.213 e.